The van der Waals surface area contributed by atoms with Crippen molar-refractivity contribution in [1.29, 1.82) is 0 Å². The molecule has 2 aromatic heterocycles. The maximum Gasteiger partial charge on any atom is 0.287 e. The fourth-order valence-electron chi connectivity index (χ4n) is 3.06. The van der Waals surface area contributed by atoms with E-state index in [1.165, 1.54) is 0 Å². The number of nitrogens with one attached hydrogen (secondary N) is 1. The van der Waals surface area contributed by atoms with Crippen molar-refractivity contribution in [3.8, 4) is 5.75 Å². The average Bonchev–Trinajstić information content (AvgIpc) is 3.29. The van der Waals surface area contributed by atoms with Gasteiger partial charge in [-0.3, -0.25) is 9.48 Å². The summed E-state index contributed by atoms with van der Waals surface area (Å²) in [5.41, 5.74) is 4.11. The summed E-state index contributed by atoms with van der Waals surface area (Å²) in [5.74, 6) is 1.44. The Morgan fingerprint density at radius 3 is 2.75 bits per heavy atom. The third kappa shape index (κ3) is 4.44. The summed E-state index contributed by atoms with van der Waals surface area (Å²) < 4.78 is 13.4. The molecule has 3 aromatic rings. The minimum atomic E-state index is -0.255. The first-order valence-electron chi connectivity index (χ1n) is 9.51. The van der Waals surface area contributed by atoms with Gasteiger partial charge < -0.3 is 14.5 Å². The van der Waals surface area contributed by atoms with Crippen LogP contribution in [0.2, 0.25) is 0 Å². The van der Waals surface area contributed by atoms with Crippen LogP contribution in [0.3, 0.4) is 0 Å². The van der Waals surface area contributed by atoms with Crippen molar-refractivity contribution in [1.82, 2.24) is 15.1 Å². The van der Waals surface area contributed by atoms with Crippen LogP contribution in [0.25, 0.3) is 0 Å². The van der Waals surface area contributed by atoms with Crippen molar-refractivity contribution in [2.24, 2.45) is 0 Å². The van der Waals surface area contributed by atoms with Crippen molar-refractivity contribution >= 4 is 5.91 Å². The van der Waals surface area contributed by atoms with Crippen LogP contribution in [0.15, 0.2) is 40.9 Å². The van der Waals surface area contributed by atoms with Gasteiger partial charge in [-0.1, -0.05) is 12.1 Å². The molecule has 0 saturated heterocycles. The minimum Gasteiger partial charge on any atom is -0.485 e. The van der Waals surface area contributed by atoms with E-state index in [2.05, 4.69) is 10.4 Å². The van der Waals surface area contributed by atoms with Gasteiger partial charge in [0.15, 0.2) is 5.76 Å². The van der Waals surface area contributed by atoms with Crippen LogP contribution in [-0.4, -0.2) is 15.7 Å². The maximum absolute atomic E-state index is 12.5. The van der Waals surface area contributed by atoms with Crippen LogP contribution in [0, 0.1) is 20.8 Å². The Kier molecular flexibility index (Phi) is 5.87. The number of nitrogens with zero attached hydrogens (tertiary/aromatic N) is 2. The number of hydrogen-bond donors (Lipinski definition) is 1. The summed E-state index contributed by atoms with van der Waals surface area (Å²) in [6, 6.07) is 9.34. The lowest BCUT2D eigenvalue weighted by Crippen LogP contribution is -2.26. The van der Waals surface area contributed by atoms with E-state index in [4.69, 9.17) is 9.15 Å². The number of ether oxygens (including phenoxy) is 1. The number of furan rings is 1. The Morgan fingerprint density at radius 2 is 2.04 bits per heavy atom. The Balaban J connectivity index is 1.62. The van der Waals surface area contributed by atoms with E-state index in [1.807, 2.05) is 63.7 Å². The molecule has 1 aromatic carbocycles. The van der Waals surface area contributed by atoms with E-state index in [0.29, 0.717) is 5.76 Å². The van der Waals surface area contributed by atoms with Crippen LogP contribution in [0.5, 0.6) is 5.75 Å². The Labute approximate surface area is 165 Å². The molecule has 6 heteroatoms. The molecule has 28 heavy (non-hydrogen) atoms. The van der Waals surface area contributed by atoms with Crippen LogP contribution in [-0.2, 0) is 13.2 Å². The summed E-state index contributed by atoms with van der Waals surface area (Å²) in [4.78, 5) is 12.5. The van der Waals surface area contributed by atoms with Crippen molar-refractivity contribution in [3.63, 3.8) is 0 Å². The predicted octanol–water partition coefficient (Wildman–Crippen LogP) is 4.49. The molecule has 0 fully saturated rings. The summed E-state index contributed by atoms with van der Waals surface area (Å²) in [5, 5.41) is 7.39. The lowest BCUT2D eigenvalue weighted by atomic mass is 10.1. The SMILES string of the molecule is CCn1cc(C(C)NC(=O)c2ccc(COc3cc(C)ccc3C)o2)c(C)n1. The fourth-order valence-corrected chi connectivity index (χ4v) is 3.06. The zero-order valence-corrected chi connectivity index (χ0v) is 17.1. The van der Waals surface area contributed by atoms with Gasteiger partial charge >= 0.3 is 0 Å². The molecule has 6 nitrogen and oxygen atoms in total. The molecule has 1 unspecified atom stereocenters. The van der Waals surface area contributed by atoms with E-state index in [-0.39, 0.29) is 24.3 Å². The number of rotatable bonds is 7. The average molecular weight is 381 g/mol. The standard InChI is InChI=1S/C22H27N3O3/c1-6-25-12-19(17(5)24-25)16(4)23-22(26)20-10-9-18(28-20)13-27-21-11-14(2)7-8-15(21)3/h7-12,16H,6,13H2,1-5H3,(H,23,26). The first kappa shape index (κ1) is 19.7. The number of carbonyl (C=O) groups excluding carboxylic acids is 1. The molecule has 0 spiro atoms. The molecule has 148 valence electrons. The minimum absolute atomic E-state index is 0.160. The topological polar surface area (TPSA) is 69.3 Å². The molecular formula is C22H27N3O3. The van der Waals surface area contributed by atoms with Gasteiger partial charge in [-0.2, -0.15) is 5.10 Å². The highest BCUT2D eigenvalue weighted by atomic mass is 16.5. The largest absolute Gasteiger partial charge is 0.485 e. The van der Waals surface area contributed by atoms with Gasteiger partial charge in [0.1, 0.15) is 18.1 Å². The van der Waals surface area contributed by atoms with E-state index in [9.17, 15) is 4.79 Å². The van der Waals surface area contributed by atoms with Gasteiger partial charge in [-0.15, -0.1) is 0 Å². The number of aromatic nitrogens is 2. The summed E-state index contributed by atoms with van der Waals surface area (Å²) in [6.45, 7) is 11.0. The number of amides is 1. The van der Waals surface area contributed by atoms with Crippen molar-refractivity contribution < 1.29 is 13.9 Å². The molecule has 1 N–H and O–H groups in total. The van der Waals surface area contributed by atoms with Crippen molar-refractivity contribution in [2.75, 3.05) is 0 Å². The van der Waals surface area contributed by atoms with Crippen molar-refractivity contribution in [3.05, 3.63) is 70.4 Å². The molecule has 0 saturated carbocycles. The second-order valence-corrected chi connectivity index (χ2v) is 7.04. The van der Waals surface area contributed by atoms with Crippen LogP contribution >= 0.6 is 0 Å². The molecule has 2 heterocycles. The molecule has 0 radical (unpaired) electrons. The summed E-state index contributed by atoms with van der Waals surface area (Å²) in [7, 11) is 0. The zero-order chi connectivity index (χ0) is 20.3. The van der Waals surface area contributed by atoms with Crippen LogP contribution in [0.4, 0.5) is 0 Å². The molecule has 3 rings (SSSR count). The summed E-state index contributed by atoms with van der Waals surface area (Å²) >= 11 is 0. The lowest BCUT2D eigenvalue weighted by molar-refractivity contribution is 0.0907. The van der Waals surface area contributed by atoms with Crippen LogP contribution < -0.4 is 10.1 Å². The van der Waals surface area contributed by atoms with Gasteiger partial charge in [0.25, 0.3) is 5.91 Å². The molecular weight excluding hydrogens is 354 g/mol. The summed E-state index contributed by atoms with van der Waals surface area (Å²) in [6.07, 6.45) is 1.96. The second kappa shape index (κ2) is 8.33. The number of benzene rings is 1. The smallest absolute Gasteiger partial charge is 0.287 e. The van der Waals surface area contributed by atoms with E-state index < -0.39 is 0 Å². The van der Waals surface area contributed by atoms with Gasteiger partial charge in [-0.25, -0.2) is 0 Å². The number of carbonyl (C=O) groups is 1. The van der Waals surface area contributed by atoms with E-state index in [0.717, 1.165) is 34.7 Å². The third-order valence-electron chi connectivity index (χ3n) is 4.72. The molecule has 0 aliphatic heterocycles. The monoisotopic (exact) mass is 381 g/mol. The van der Waals surface area contributed by atoms with E-state index >= 15 is 0 Å². The van der Waals surface area contributed by atoms with Crippen molar-refractivity contribution in [2.45, 2.75) is 53.8 Å². The normalized spacial score (nSPS) is 12.0. The highest BCUT2D eigenvalue weighted by Gasteiger charge is 2.18. The number of aryl methyl sites for hydroxylation is 4. The molecule has 0 bridgehead atoms. The third-order valence-corrected chi connectivity index (χ3v) is 4.72. The van der Waals surface area contributed by atoms with Gasteiger partial charge in [-0.05, 0) is 63.9 Å². The predicted molar refractivity (Wildman–Crippen MR) is 107 cm³/mol. The Bertz CT molecular complexity index is 971. The number of hydrogen-bond acceptors (Lipinski definition) is 4. The molecule has 0 aliphatic rings. The first-order valence-corrected chi connectivity index (χ1v) is 9.51. The first-order chi connectivity index (χ1) is 13.4. The van der Waals surface area contributed by atoms with Crippen LogP contribution in [0.1, 0.15) is 58.6 Å². The van der Waals surface area contributed by atoms with Gasteiger partial charge in [0, 0.05) is 18.3 Å². The van der Waals surface area contributed by atoms with Gasteiger partial charge in [0.2, 0.25) is 0 Å². The second-order valence-electron chi connectivity index (χ2n) is 7.04. The Morgan fingerprint density at radius 1 is 1.25 bits per heavy atom. The molecule has 1 amide bonds. The lowest BCUT2D eigenvalue weighted by Gasteiger charge is -2.12. The Hall–Kier alpha value is -3.02. The fraction of sp³-hybridized carbons (Fsp3) is 0.364. The van der Waals surface area contributed by atoms with E-state index in [1.54, 1.807) is 12.1 Å². The maximum atomic E-state index is 12.5. The molecule has 0 aliphatic carbocycles. The zero-order valence-electron chi connectivity index (χ0n) is 17.1. The molecule has 1 atom stereocenters. The highest BCUT2D eigenvalue weighted by molar-refractivity contribution is 5.91. The quantitative estimate of drug-likeness (QED) is 0.655. The van der Waals surface area contributed by atoms with Gasteiger partial charge in [0.05, 0.1) is 11.7 Å². The highest BCUT2D eigenvalue weighted by Crippen LogP contribution is 2.21.